The van der Waals surface area contributed by atoms with Crippen molar-refractivity contribution in [3.63, 3.8) is 0 Å². The average Bonchev–Trinajstić information content (AvgIpc) is 2.69. The summed E-state index contributed by atoms with van der Waals surface area (Å²) in [5, 5.41) is 1.17. The lowest BCUT2D eigenvalue weighted by molar-refractivity contribution is 0.498. The van der Waals surface area contributed by atoms with Crippen LogP contribution in [0.5, 0.6) is 0 Å². The van der Waals surface area contributed by atoms with Crippen molar-refractivity contribution in [3.05, 3.63) is 35.1 Å². The Bertz CT molecular complexity index is 558. The minimum Gasteiger partial charge on any atom is -0.459 e. The Morgan fingerprint density at radius 2 is 1.89 bits per heavy atom. The summed E-state index contributed by atoms with van der Waals surface area (Å²) in [4.78, 5) is 0. The maximum atomic E-state index is 5.96. The number of hydrogen-bond acceptors (Lipinski definition) is 2. The molecule has 2 heteroatoms. The third-order valence-corrected chi connectivity index (χ3v) is 3.36. The van der Waals surface area contributed by atoms with Crippen molar-refractivity contribution in [1.29, 1.82) is 0 Å². The van der Waals surface area contributed by atoms with E-state index in [-0.39, 0.29) is 11.5 Å². The summed E-state index contributed by atoms with van der Waals surface area (Å²) >= 11 is 0. The third-order valence-electron chi connectivity index (χ3n) is 3.36. The molecule has 1 atom stereocenters. The number of aryl methyl sites for hydroxylation is 1. The molecule has 0 radical (unpaired) electrons. The van der Waals surface area contributed by atoms with E-state index in [4.69, 9.17) is 10.2 Å². The van der Waals surface area contributed by atoms with E-state index in [1.54, 1.807) is 0 Å². The molecule has 2 nitrogen and oxygen atoms in total. The van der Waals surface area contributed by atoms with Gasteiger partial charge in [-0.3, -0.25) is 0 Å². The van der Waals surface area contributed by atoms with Crippen molar-refractivity contribution in [2.24, 2.45) is 5.73 Å². The van der Waals surface area contributed by atoms with Crippen LogP contribution in [0, 0.1) is 0 Å². The minimum absolute atomic E-state index is 0.0599. The highest BCUT2D eigenvalue weighted by molar-refractivity contribution is 5.83. The summed E-state index contributed by atoms with van der Waals surface area (Å²) < 4.78 is 5.96. The fourth-order valence-corrected chi connectivity index (χ4v) is 2.22. The van der Waals surface area contributed by atoms with Crippen molar-refractivity contribution in [2.75, 3.05) is 0 Å². The number of nitrogens with two attached hydrogens (primary N) is 1. The van der Waals surface area contributed by atoms with Gasteiger partial charge in [0.05, 0.1) is 6.04 Å². The topological polar surface area (TPSA) is 39.2 Å². The van der Waals surface area contributed by atoms with E-state index < -0.39 is 0 Å². The fourth-order valence-electron chi connectivity index (χ4n) is 2.22. The molecule has 0 bridgehead atoms. The first-order valence-electron chi connectivity index (χ1n) is 6.65. The maximum absolute atomic E-state index is 5.96. The molecule has 0 aliphatic heterocycles. The lowest BCUT2D eigenvalue weighted by Gasteiger charge is -2.20. The van der Waals surface area contributed by atoms with Crippen LogP contribution in [-0.4, -0.2) is 0 Å². The minimum atomic E-state index is -0.0599. The van der Waals surface area contributed by atoms with Crippen LogP contribution < -0.4 is 5.73 Å². The molecular formula is C16H23NO. The second kappa shape index (κ2) is 4.43. The van der Waals surface area contributed by atoms with Crippen LogP contribution in [0.25, 0.3) is 11.0 Å². The molecule has 1 heterocycles. The predicted molar refractivity (Wildman–Crippen MR) is 76.9 cm³/mol. The van der Waals surface area contributed by atoms with Crippen LogP contribution in [0.1, 0.15) is 57.5 Å². The van der Waals surface area contributed by atoms with Crippen LogP contribution in [0.15, 0.2) is 22.6 Å². The molecule has 0 amide bonds. The Labute approximate surface area is 109 Å². The first-order chi connectivity index (χ1) is 8.32. The highest BCUT2D eigenvalue weighted by Crippen LogP contribution is 2.34. The number of hydrogen-bond donors (Lipinski definition) is 1. The summed E-state index contributed by atoms with van der Waals surface area (Å²) in [5.41, 5.74) is 9.60. The van der Waals surface area contributed by atoms with Crippen LogP contribution in [0.3, 0.4) is 0 Å². The molecule has 0 aliphatic rings. The SMILES string of the molecule is CCc1cc(C(C)(C)C)c2oc(C(C)N)cc2c1. The monoisotopic (exact) mass is 245 g/mol. The number of benzene rings is 1. The molecule has 0 saturated carbocycles. The average molecular weight is 245 g/mol. The van der Waals surface area contributed by atoms with Gasteiger partial charge in [-0.25, -0.2) is 0 Å². The van der Waals surface area contributed by atoms with E-state index in [1.807, 2.05) is 6.92 Å². The van der Waals surface area contributed by atoms with Gasteiger partial charge in [-0.05, 0) is 36.5 Å². The van der Waals surface area contributed by atoms with E-state index in [9.17, 15) is 0 Å². The smallest absolute Gasteiger partial charge is 0.138 e. The quantitative estimate of drug-likeness (QED) is 0.856. The van der Waals surface area contributed by atoms with E-state index in [1.165, 1.54) is 16.5 Å². The van der Waals surface area contributed by atoms with Crippen LogP contribution in [0.4, 0.5) is 0 Å². The van der Waals surface area contributed by atoms with Crippen LogP contribution >= 0.6 is 0 Å². The Balaban J connectivity index is 2.73. The summed E-state index contributed by atoms with van der Waals surface area (Å²) in [5.74, 6) is 0.865. The second-order valence-corrected chi connectivity index (χ2v) is 6.10. The first kappa shape index (κ1) is 13.2. The predicted octanol–water partition coefficient (Wildman–Crippen LogP) is 4.31. The van der Waals surface area contributed by atoms with Crippen molar-refractivity contribution in [2.45, 2.75) is 52.5 Å². The summed E-state index contributed by atoms with van der Waals surface area (Å²) in [6.07, 6.45) is 1.04. The van der Waals surface area contributed by atoms with Crippen LogP contribution in [-0.2, 0) is 11.8 Å². The third kappa shape index (κ3) is 2.30. The van der Waals surface area contributed by atoms with E-state index in [0.717, 1.165) is 17.8 Å². The molecule has 0 saturated heterocycles. The Morgan fingerprint density at radius 1 is 1.22 bits per heavy atom. The molecule has 1 aromatic carbocycles. The summed E-state index contributed by atoms with van der Waals surface area (Å²) in [6.45, 7) is 10.8. The number of rotatable bonds is 2. The largest absolute Gasteiger partial charge is 0.459 e. The first-order valence-corrected chi connectivity index (χ1v) is 6.65. The van der Waals surface area contributed by atoms with Gasteiger partial charge in [-0.2, -0.15) is 0 Å². The van der Waals surface area contributed by atoms with Gasteiger partial charge in [-0.15, -0.1) is 0 Å². The fraction of sp³-hybridized carbons (Fsp3) is 0.500. The molecule has 1 unspecified atom stereocenters. The molecule has 18 heavy (non-hydrogen) atoms. The van der Waals surface area contributed by atoms with E-state index in [0.29, 0.717) is 0 Å². The molecule has 2 rings (SSSR count). The van der Waals surface area contributed by atoms with Gasteiger partial charge in [0.2, 0.25) is 0 Å². The lowest BCUT2D eigenvalue weighted by atomic mass is 9.85. The Hall–Kier alpha value is -1.28. The van der Waals surface area contributed by atoms with Crippen molar-refractivity contribution in [1.82, 2.24) is 0 Å². The summed E-state index contributed by atoms with van der Waals surface area (Å²) in [7, 11) is 0. The van der Waals surface area contributed by atoms with Gasteiger partial charge in [0.25, 0.3) is 0 Å². The summed E-state index contributed by atoms with van der Waals surface area (Å²) in [6, 6.07) is 6.49. The van der Waals surface area contributed by atoms with Crippen molar-refractivity contribution < 1.29 is 4.42 Å². The van der Waals surface area contributed by atoms with Gasteiger partial charge >= 0.3 is 0 Å². The van der Waals surface area contributed by atoms with Gasteiger partial charge in [-0.1, -0.05) is 33.8 Å². The van der Waals surface area contributed by atoms with Gasteiger partial charge in [0.15, 0.2) is 0 Å². The van der Waals surface area contributed by atoms with Crippen molar-refractivity contribution in [3.8, 4) is 0 Å². The molecular weight excluding hydrogens is 222 g/mol. The molecule has 2 aromatic rings. The van der Waals surface area contributed by atoms with Gasteiger partial charge in [0.1, 0.15) is 11.3 Å². The molecule has 0 spiro atoms. The van der Waals surface area contributed by atoms with Gasteiger partial charge < -0.3 is 10.2 Å². The molecule has 2 N–H and O–H groups in total. The van der Waals surface area contributed by atoms with E-state index >= 15 is 0 Å². The Morgan fingerprint density at radius 3 is 2.39 bits per heavy atom. The van der Waals surface area contributed by atoms with Gasteiger partial charge in [0, 0.05) is 10.9 Å². The molecule has 1 aromatic heterocycles. The highest BCUT2D eigenvalue weighted by Gasteiger charge is 2.21. The lowest BCUT2D eigenvalue weighted by Crippen LogP contribution is -2.11. The zero-order chi connectivity index (χ0) is 13.5. The Kier molecular flexibility index (Phi) is 3.24. The van der Waals surface area contributed by atoms with Crippen LogP contribution in [0.2, 0.25) is 0 Å². The maximum Gasteiger partial charge on any atom is 0.138 e. The van der Waals surface area contributed by atoms with Crippen molar-refractivity contribution >= 4 is 11.0 Å². The zero-order valence-electron chi connectivity index (χ0n) is 12.0. The standard InChI is InChI=1S/C16H23NO/c1-6-11-7-12-9-14(10(2)17)18-15(12)13(8-11)16(3,4)5/h7-10H,6,17H2,1-5H3. The zero-order valence-corrected chi connectivity index (χ0v) is 12.0. The molecule has 0 fully saturated rings. The normalized spacial score (nSPS) is 14.1. The van der Waals surface area contributed by atoms with E-state index in [2.05, 4.69) is 45.9 Å². The number of furan rings is 1. The highest BCUT2D eigenvalue weighted by atomic mass is 16.3. The second-order valence-electron chi connectivity index (χ2n) is 6.10. The molecule has 98 valence electrons. The number of fused-ring (bicyclic) bond motifs is 1. The molecule has 0 aliphatic carbocycles.